The van der Waals surface area contributed by atoms with Gasteiger partial charge in [-0.25, -0.2) is 8.42 Å². The van der Waals surface area contributed by atoms with Crippen LogP contribution in [0.15, 0.2) is 16.3 Å². The molecule has 2 aliphatic heterocycles. The molecule has 6 nitrogen and oxygen atoms in total. The second-order valence-electron chi connectivity index (χ2n) is 6.45. The summed E-state index contributed by atoms with van der Waals surface area (Å²) in [6.07, 6.45) is 2.21. The van der Waals surface area contributed by atoms with Crippen molar-refractivity contribution in [2.45, 2.75) is 42.9 Å². The number of morpholine rings is 1. The lowest BCUT2D eigenvalue weighted by Gasteiger charge is -2.46. The number of thiophene rings is 1. The van der Waals surface area contributed by atoms with Gasteiger partial charge in [0.1, 0.15) is 4.21 Å². The highest BCUT2D eigenvalue weighted by Crippen LogP contribution is 2.34. The molecule has 0 saturated carbocycles. The number of amides is 1. The first-order chi connectivity index (χ1) is 11.4. The number of carbonyl (C=O) groups is 1. The molecule has 8 heteroatoms. The van der Waals surface area contributed by atoms with E-state index in [1.54, 1.807) is 22.2 Å². The van der Waals surface area contributed by atoms with Crippen LogP contribution in [-0.2, 0) is 26.0 Å². The molecule has 1 aromatic heterocycles. The van der Waals surface area contributed by atoms with Crippen LogP contribution in [0.4, 0.5) is 0 Å². The Morgan fingerprint density at radius 3 is 2.58 bits per heavy atom. The molecule has 0 unspecified atom stereocenters. The third-order valence-electron chi connectivity index (χ3n) is 4.91. The van der Waals surface area contributed by atoms with Gasteiger partial charge in [-0.1, -0.05) is 6.92 Å². The van der Waals surface area contributed by atoms with Crippen molar-refractivity contribution in [3.63, 3.8) is 0 Å². The Labute approximate surface area is 147 Å². The van der Waals surface area contributed by atoms with Crippen LogP contribution in [0, 0.1) is 0 Å². The number of ether oxygens (including phenoxy) is 1. The largest absolute Gasteiger partial charge is 0.372 e. The number of sulfonamides is 1. The van der Waals surface area contributed by atoms with E-state index in [2.05, 4.69) is 0 Å². The number of carbonyl (C=O) groups excluding carboxylic acids is 1. The highest BCUT2D eigenvalue weighted by molar-refractivity contribution is 7.91. The Morgan fingerprint density at radius 1 is 1.29 bits per heavy atom. The molecule has 24 heavy (non-hydrogen) atoms. The van der Waals surface area contributed by atoms with Crippen LogP contribution in [0.3, 0.4) is 0 Å². The zero-order valence-corrected chi connectivity index (χ0v) is 15.8. The smallest absolute Gasteiger partial charge is 0.252 e. The summed E-state index contributed by atoms with van der Waals surface area (Å²) in [4.78, 5) is 14.4. The summed E-state index contributed by atoms with van der Waals surface area (Å²) >= 11 is 1.35. The quantitative estimate of drug-likeness (QED) is 0.810. The van der Waals surface area contributed by atoms with Crippen LogP contribution in [-0.4, -0.2) is 61.9 Å². The minimum atomic E-state index is -3.47. The molecule has 0 radical (unpaired) electrons. The van der Waals surface area contributed by atoms with E-state index in [4.69, 9.17) is 4.74 Å². The van der Waals surface area contributed by atoms with Gasteiger partial charge in [-0.15, -0.1) is 11.3 Å². The molecule has 1 aromatic rings. The summed E-state index contributed by atoms with van der Waals surface area (Å²) in [5, 5.41) is 0. The Bertz CT molecular complexity index is 705. The molecule has 3 rings (SSSR count). The summed E-state index contributed by atoms with van der Waals surface area (Å²) in [6.45, 7) is 6.02. The van der Waals surface area contributed by atoms with E-state index in [-0.39, 0.29) is 5.91 Å². The van der Waals surface area contributed by atoms with Crippen molar-refractivity contribution in [3.05, 3.63) is 17.0 Å². The molecule has 2 saturated heterocycles. The highest BCUT2D eigenvalue weighted by atomic mass is 32.2. The second kappa shape index (κ2) is 6.74. The van der Waals surface area contributed by atoms with Gasteiger partial charge in [0, 0.05) is 38.0 Å². The van der Waals surface area contributed by atoms with Crippen molar-refractivity contribution < 1.29 is 17.9 Å². The van der Waals surface area contributed by atoms with Crippen LogP contribution in [0.2, 0.25) is 0 Å². The lowest BCUT2D eigenvalue weighted by Crippen LogP contribution is -2.58. The first-order valence-electron chi connectivity index (χ1n) is 8.35. The Morgan fingerprint density at radius 2 is 2.00 bits per heavy atom. The van der Waals surface area contributed by atoms with Crippen LogP contribution >= 0.6 is 11.3 Å². The number of aryl methyl sites for hydroxylation is 1. The minimum Gasteiger partial charge on any atom is -0.372 e. The number of piperidine rings is 1. The van der Waals surface area contributed by atoms with E-state index < -0.39 is 15.6 Å². The van der Waals surface area contributed by atoms with E-state index in [0.717, 1.165) is 11.3 Å². The average Bonchev–Trinajstić information content (AvgIpc) is 3.05. The predicted octanol–water partition coefficient (Wildman–Crippen LogP) is 1.71. The number of hydrogen-bond donors (Lipinski definition) is 0. The molecule has 0 N–H and O–H groups in total. The third-order valence-corrected chi connectivity index (χ3v) is 8.46. The number of likely N-dealkylation sites (tertiary alicyclic amines) is 1. The topological polar surface area (TPSA) is 66.9 Å². The number of hydrogen-bond acceptors (Lipinski definition) is 5. The molecular weight excluding hydrogens is 348 g/mol. The van der Waals surface area contributed by atoms with E-state index in [0.29, 0.717) is 49.8 Å². The average molecular weight is 373 g/mol. The maximum atomic E-state index is 12.9. The molecule has 2 aliphatic rings. The molecular formula is C16H24N2O4S2. The molecule has 0 atom stereocenters. The van der Waals surface area contributed by atoms with Crippen molar-refractivity contribution in [1.82, 2.24) is 9.21 Å². The molecule has 3 heterocycles. The lowest BCUT2D eigenvalue weighted by molar-refractivity contribution is -0.142. The van der Waals surface area contributed by atoms with Crippen molar-refractivity contribution in [1.29, 1.82) is 0 Å². The fraction of sp³-hybridized carbons (Fsp3) is 0.688. The van der Waals surface area contributed by atoms with Crippen molar-refractivity contribution in [3.8, 4) is 0 Å². The van der Waals surface area contributed by atoms with Gasteiger partial charge in [0.25, 0.3) is 10.0 Å². The van der Waals surface area contributed by atoms with Gasteiger partial charge in [-0.05, 0) is 31.4 Å². The summed E-state index contributed by atoms with van der Waals surface area (Å²) in [5.74, 6) is 0.0656. The first kappa shape index (κ1) is 17.8. The normalized spacial score (nSPS) is 22.0. The standard InChI is InChI=1S/C16H24N2O4S2/c1-3-14-4-5-15(23-14)24(20,21)18-10-11-22-16(12-18)6-8-17(9-7-16)13(2)19/h4-5H,3,6-12H2,1-2H3. The number of nitrogens with zero attached hydrogens (tertiary/aromatic N) is 2. The summed E-state index contributed by atoms with van der Waals surface area (Å²) in [6, 6.07) is 3.60. The van der Waals surface area contributed by atoms with E-state index in [1.807, 2.05) is 13.0 Å². The van der Waals surface area contributed by atoms with Crippen molar-refractivity contribution >= 4 is 27.3 Å². The Hall–Kier alpha value is -0.960. The molecule has 0 aromatic carbocycles. The SMILES string of the molecule is CCc1ccc(S(=O)(=O)N2CCOC3(CCN(C(C)=O)CC3)C2)s1. The van der Waals surface area contributed by atoms with Crippen molar-refractivity contribution in [2.75, 3.05) is 32.8 Å². The predicted molar refractivity (Wildman–Crippen MR) is 92.6 cm³/mol. The van der Waals surface area contributed by atoms with Crippen LogP contribution < -0.4 is 0 Å². The molecule has 0 aliphatic carbocycles. The van der Waals surface area contributed by atoms with E-state index in [1.165, 1.54) is 11.3 Å². The molecule has 0 bridgehead atoms. The summed E-state index contributed by atoms with van der Waals surface area (Å²) in [7, 11) is -3.47. The van der Waals surface area contributed by atoms with Gasteiger partial charge in [0.05, 0.1) is 12.2 Å². The molecule has 1 spiro atoms. The highest BCUT2D eigenvalue weighted by Gasteiger charge is 2.43. The maximum Gasteiger partial charge on any atom is 0.252 e. The fourth-order valence-corrected chi connectivity index (χ4v) is 6.31. The maximum absolute atomic E-state index is 12.9. The molecule has 2 fully saturated rings. The van der Waals surface area contributed by atoms with Crippen LogP contribution in [0.25, 0.3) is 0 Å². The Kier molecular flexibility index (Phi) is 5.01. The molecule has 1 amide bonds. The zero-order chi connectivity index (χ0) is 17.4. The zero-order valence-electron chi connectivity index (χ0n) is 14.2. The van der Waals surface area contributed by atoms with E-state index in [9.17, 15) is 13.2 Å². The van der Waals surface area contributed by atoms with Crippen molar-refractivity contribution in [2.24, 2.45) is 0 Å². The van der Waals surface area contributed by atoms with Gasteiger partial charge in [-0.3, -0.25) is 4.79 Å². The number of rotatable bonds is 3. The van der Waals surface area contributed by atoms with Gasteiger partial charge in [-0.2, -0.15) is 4.31 Å². The second-order valence-corrected chi connectivity index (χ2v) is 9.78. The summed E-state index contributed by atoms with van der Waals surface area (Å²) < 4.78 is 33.8. The van der Waals surface area contributed by atoms with Crippen LogP contribution in [0.1, 0.15) is 31.6 Å². The lowest BCUT2D eigenvalue weighted by atomic mass is 9.90. The van der Waals surface area contributed by atoms with Crippen LogP contribution in [0.5, 0.6) is 0 Å². The fourth-order valence-electron chi connectivity index (χ4n) is 3.36. The Balaban J connectivity index is 1.75. The van der Waals surface area contributed by atoms with Gasteiger partial charge in [0.15, 0.2) is 0 Å². The monoisotopic (exact) mass is 372 g/mol. The summed E-state index contributed by atoms with van der Waals surface area (Å²) in [5.41, 5.74) is -0.456. The first-order valence-corrected chi connectivity index (χ1v) is 10.6. The molecule has 134 valence electrons. The minimum absolute atomic E-state index is 0.0656. The van der Waals surface area contributed by atoms with E-state index >= 15 is 0 Å². The van der Waals surface area contributed by atoms with Gasteiger partial charge in [0.2, 0.25) is 5.91 Å². The van der Waals surface area contributed by atoms with Gasteiger partial charge < -0.3 is 9.64 Å². The van der Waals surface area contributed by atoms with Gasteiger partial charge >= 0.3 is 0 Å². The third kappa shape index (κ3) is 3.37.